The minimum atomic E-state index is -1.01. The van der Waals surface area contributed by atoms with Crippen LogP contribution >= 0.6 is 0 Å². The quantitative estimate of drug-likeness (QED) is 0.129. The third kappa shape index (κ3) is 11.8. The molecule has 92 valence electrons. The van der Waals surface area contributed by atoms with Crippen molar-refractivity contribution in [3.8, 4) is 0 Å². The van der Waals surface area contributed by atoms with E-state index in [4.69, 9.17) is 0 Å². The molecule has 0 aromatic rings. The predicted octanol–water partition coefficient (Wildman–Crippen LogP) is -5.35. The molecule has 0 saturated heterocycles. The van der Waals surface area contributed by atoms with Crippen molar-refractivity contribution in [3.05, 3.63) is 5.57 Å². The molecule has 0 aromatic carbocycles. The van der Waals surface area contributed by atoms with Crippen LogP contribution in [0, 0.1) is 0 Å². The Morgan fingerprint density at radius 2 is 1.17 bits per heavy atom. The van der Waals surface area contributed by atoms with Crippen LogP contribution in [0.25, 0.3) is 0 Å². The summed E-state index contributed by atoms with van der Waals surface area (Å²) in [6.45, 7) is 6.42. The van der Waals surface area contributed by atoms with Gasteiger partial charge in [-0.2, -0.15) is 0 Å². The molecule has 0 unspecified atom stereocenters. The molecular formula is C10H14Na2O5S. The molecule has 0 fully saturated rings. The van der Waals surface area contributed by atoms with E-state index in [9.17, 15) is 14.4 Å². The summed E-state index contributed by atoms with van der Waals surface area (Å²) < 4.78 is 9.33. The maximum atomic E-state index is 11.2. The Morgan fingerprint density at radius 1 is 0.889 bits per heavy atom. The second-order valence-electron chi connectivity index (χ2n) is 3.39. The van der Waals surface area contributed by atoms with Gasteiger partial charge in [0.2, 0.25) is 5.57 Å². The summed E-state index contributed by atoms with van der Waals surface area (Å²) in [6, 6.07) is 0. The van der Waals surface area contributed by atoms with Gasteiger partial charge in [0.15, 0.2) is 0 Å². The Morgan fingerprint density at radius 3 is 1.33 bits per heavy atom. The van der Waals surface area contributed by atoms with Gasteiger partial charge in [-0.05, 0) is 27.7 Å². The largest absolute Gasteiger partial charge is 2.00 e. The normalized spacial score (nSPS) is 8.11. The summed E-state index contributed by atoms with van der Waals surface area (Å²) in [4.78, 5) is 32.8. The fraction of sp³-hybridized carbons (Fsp3) is 0.600. The van der Waals surface area contributed by atoms with Crippen LogP contribution in [-0.2, 0) is 37.4 Å². The first-order valence-corrected chi connectivity index (χ1v) is 4.55. The Bertz CT molecular complexity index is 287. The van der Waals surface area contributed by atoms with Gasteiger partial charge in [-0.25, -0.2) is 14.4 Å². The van der Waals surface area contributed by atoms with Crippen LogP contribution in [0.3, 0.4) is 0 Å². The van der Waals surface area contributed by atoms with E-state index < -0.39 is 29.7 Å². The summed E-state index contributed by atoms with van der Waals surface area (Å²) in [6.07, 6.45) is -0.819. The van der Waals surface area contributed by atoms with Crippen molar-refractivity contribution in [2.24, 2.45) is 0 Å². The zero-order valence-electron chi connectivity index (χ0n) is 11.6. The zero-order chi connectivity index (χ0) is 12.0. The monoisotopic (exact) mass is 292 g/mol. The van der Waals surface area contributed by atoms with E-state index in [1.165, 1.54) is 5.94 Å². The molecule has 0 aliphatic carbocycles. The molecule has 0 amide bonds. The van der Waals surface area contributed by atoms with Crippen molar-refractivity contribution in [3.63, 3.8) is 0 Å². The summed E-state index contributed by atoms with van der Waals surface area (Å²) in [5.41, 5.74) is -0.739. The van der Waals surface area contributed by atoms with Gasteiger partial charge in [0.1, 0.15) is 5.94 Å². The van der Waals surface area contributed by atoms with Crippen molar-refractivity contribution in [2.45, 2.75) is 39.9 Å². The smallest absolute Gasteiger partial charge is 1.00 e. The third-order valence-corrected chi connectivity index (χ3v) is 1.20. The van der Waals surface area contributed by atoms with E-state index in [1.807, 2.05) is 0 Å². The molecule has 0 heterocycles. The van der Waals surface area contributed by atoms with E-state index in [1.54, 1.807) is 27.7 Å². The van der Waals surface area contributed by atoms with Gasteiger partial charge in [0.25, 0.3) is 0 Å². The van der Waals surface area contributed by atoms with Gasteiger partial charge in [0.05, 0.1) is 12.2 Å². The van der Waals surface area contributed by atoms with E-state index >= 15 is 0 Å². The van der Waals surface area contributed by atoms with Gasteiger partial charge >= 0.3 is 71.1 Å². The summed E-state index contributed by atoms with van der Waals surface area (Å²) in [5, 5.41) is 0. The van der Waals surface area contributed by atoms with Crippen LogP contribution in [0.15, 0.2) is 5.57 Å². The molecule has 8 heteroatoms. The average Bonchev–Trinajstić information content (AvgIpc) is 2.01. The SMILES string of the molecule is CC(C)OC(=O)C(=C=O)C(=O)OC(C)C.[Na+].[Na+].[S-2]. The predicted molar refractivity (Wildman–Crippen MR) is 59.0 cm³/mol. The Kier molecular flexibility index (Phi) is 21.3. The molecular weight excluding hydrogens is 278 g/mol. The Balaban J connectivity index is -0.000000327. The van der Waals surface area contributed by atoms with Gasteiger partial charge in [-0.3, -0.25) is 0 Å². The molecule has 0 aromatic heterocycles. The van der Waals surface area contributed by atoms with E-state index in [0.29, 0.717) is 0 Å². The molecule has 0 atom stereocenters. The molecule has 5 nitrogen and oxygen atoms in total. The summed E-state index contributed by atoms with van der Waals surface area (Å²) in [5.74, 6) is -0.787. The van der Waals surface area contributed by atoms with Crippen molar-refractivity contribution in [2.75, 3.05) is 0 Å². The Hall–Kier alpha value is 0.740. The molecule has 0 rings (SSSR count). The van der Waals surface area contributed by atoms with Crippen LogP contribution in [0.2, 0.25) is 0 Å². The molecule has 18 heavy (non-hydrogen) atoms. The van der Waals surface area contributed by atoms with Crippen molar-refractivity contribution in [1.82, 2.24) is 0 Å². The first-order chi connectivity index (χ1) is 6.88. The molecule has 0 radical (unpaired) electrons. The standard InChI is InChI=1S/C10H14O5.2Na.S/c1-6(2)14-9(12)8(5-11)10(13)15-7(3)4;;;/h6-7H,1-4H3;;;/q;2*+1;-2. The molecule has 0 bridgehead atoms. The van der Waals surface area contributed by atoms with Gasteiger partial charge in [-0.15, -0.1) is 0 Å². The number of rotatable bonds is 4. The minimum Gasteiger partial charge on any atom is -2.00 e. The van der Waals surface area contributed by atoms with Crippen LogP contribution in [-0.4, -0.2) is 30.1 Å². The summed E-state index contributed by atoms with van der Waals surface area (Å²) >= 11 is 0. The van der Waals surface area contributed by atoms with Crippen molar-refractivity contribution < 1.29 is 83.0 Å². The molecule has 0 aliphatic rings. The van der Waals surface area contributed by atoms with Gasteiger partial charge in [0, 0.05) is 0 Å². The first kappa shape index (κ1) is 27.1. The maximum Gasteiger partial charge on any atom is 1.00 e. The number of hydrogen-bond acceptors (Lipinski definition) is 5. The second-order valence-corrected chi connectivity index (χ2v) is 3.39. The third-order valence-electron chi connectivity index (χ3n) is 1.20. The molecule has 0 N–H and O–H groups in total. The molecule has 0 saturated carbocycles. The van der Waals surface area contributed by atoms with E-state index in [2.05, 4.69) is 9.47 Å². The maximum absolute atomic E-state index is 11.2. The van der Waals surface area contributed by atoms with Gasteiger partial charge in [-0.1, -0.05) is 0 Å². The van der Waals surface area contributed by atoms with Gasteiger partial charge < -0.3 is 23.0 Å². The summed E-state index contributed by atoms with van der Waals surface area (Å²) in [7, 11) is 0. The number of esters is 2. The van der Waals surface area contributed by atoms with E-state index in [-0.39, 0.29) is 72.6 Å². The number of carbonyl (C=O) groups is 2. The van der Waals surface area contributed by atoms with Crippen LogP contribution in [0.5, 0.6) is 0 Å². The minimum absolute atomic E-state index is 0. The number of carbonyl (C=O) groups excluding carboxylic acids is 3. The van der Waals surface area contributed by atoms with E-state index in [0.717, 1.165) is 0 Å². The second kappa shape index (κ2) is 14.2. The van der Waals surface area contributed by atoms with Crippen molar-refractivity contribution in [1.29, 1.82) is 0 Å². The number of hydrogen-bond donors (Lipinski definition) is 0. The molecule has 0 spiro atoms. The molecule has 0 aliphatic heterocycles. The number of ether oxygens (including phenoxy) is 2. The fourth-order valence-electron chi connectivity index (χ4n) is 0.713. The van der Waals surface area contributed by atoms with Crippen molar-refractivity contribution >= 4 is 31.4 Å². The fourth-order valence-corrected chi connectivity index (χ4v) is 0.713. The first-order valence-electron chi connectivity index (χ1n) is 4.55. The van der Waals surface area contributed by atoms with Crippen LogP contribution in [0.1, 0.15) is 27.7 Å². The topological polar surface area (TPSA) is 69.7 Å². The average molecular weight is 292 g/mol. The van der Waals surface area contributed by atoms with Crippen LogP contribution in [0.4, 0.5) is 0 Å². The van der Waals surface area contributed by atoms with Crippen LogP contribution < -0.4 is 59.1 Å². The zero-order valence-corrected chi connectivity index (χ0v) is 16.4. The Labute approximate surface area is 158 Å².